The van der Waals surface area contributed by atoms with Gasteiger partial charge in [0, 0.05) is 48.7 Å². The van der Waals surface area contributed by atoms with Gasteiger partial charge in [0.05, 0.1) is 23.6 Å². The molecule has 3 N–H and O–H groups in total. The second-order valence-electron chi connectivity index (χ2n) is 8.35. The maximum absolute atomic E-state index is 12.9. The summed E-state index contributed by atoms with van der Waals surface area (Å²) in [7, 11) is 0. The van der Waals surface area contributed by atoms with E-state index in [0.29, 0.717) is 37.9 Å². The number of hydrogen-bond donors (Lipinski definition) is 3. The quantitative estimate of drug-likeness (QED) is 0.725. The van der Waals surface area contributed by atoms with Gasteiger partial charge in [-0.2, -0.15) is 0 Å². The number of H-pyrrole nitrogens is 1. The summed E-state index contributed by atoms with van der Waals surface area (Å²) in [5, 5.41) is 6.59. The van der Waals surface area contributed by atoms with Crippen molar-refractivity contribution in [2.24, 2.45) is 0 Å². The molecule has 2 aromatic rings. The molecule has 2 amide bonds. The summed E-state index contributed by atoms with van der Waals surface area (Å²) in [5.41, 5.74) is 3.10. The van der Waals surface area contributed by atoms with Crippen molar-refractivity contribution in [1.29, 1.82) is 0 Å². The van der Waals surface area contributed by atoms with Gasteiger partial charge < -0.3 is 15.2 Å². The standard InChI is InChI=1S/C21H28N6O2/c1-13(2)25-19(28)17-11-16-18(24-12-23-16)21(26-17)5-8-27(9-6-21)20(29)15-4-7-22-14(3)10-15/h4,7,10,12-13,17,26H,5-6,8-9,11H2,1-3H3,(H,23,24)(H,25,28)/t17-/m0/s1. The first kappa shape index (κ1) is 19.6. The first-order valence-corrected chi connectivity index (χ1v) is 10.2. The molecule has 0 unspecified atom stereocenters. The minimum atomic E-state index is -0.391. The van der Waals surface area contributed by atoms with Crippen LogP contribution >= 0.6 is 0 Å². The molecule has 0 radical (unpaired) electrons. The van der Waals surface area contributed by atoms with Crippen LogP contribution in [-0.2, 0) is 16.8 Å². The Bertz CT molecular complexity index is 913. The van der Waals surface area contributed by atoms with Crippen molar-refractivity contribution >= 4 is 11.8 Å². The Morgan fingerprint density at radius 2 is 2.03 bits per heavy atom. The molecule has 0 aliphatic carbocycles. The molecule has 1 atom stereocenters. The Morgan fingerprint density at radius 1 is 1.28 bits per heavy atom. The third-order valence-corrected chi connectivity index (χ3v) is 5.83. The number of hydrogen-bond acceptors (Lipinski definition) is 5. The largest absolute Gasteiger partial charge is 0.353 e. The summed E-state index contributed by atoms with van der Waals surface area (Å²) in [4.78, 5) is 39.4. The fourth-order valence-corrected chi connectivity index (χ4v) is 4.42. The number of nitrogens with zero attached hydrogens (tertiary/aromatic N) is 3. The summed E-state index contributed by atoms with van der Waals surface area (Å²) < 4.78 is 0. The molecule has 1 saturated heterocycles. The van der Waals surface area contributed by atoms with E-state index in [1.165, 1.54) is 0 Å². The highest BCUT2D eigenvalue weighted by Crippen LogP contribution is 2.37. The highest BCUT2D eigenvalue weighted by atomic mass is 16.2. The van der Waals surface area contributed by atoms with E-state index in [0.717, 1.165) is 17.1 Å². The van der Waals surface area contributed by atoms with Crippen molar-refractivity contribution < 1.29 is 9.59 Å². The average Bonchev–Trinajstić information content (AvgIpc) is 3.17. The number of piperidine rings is 1. The normalized spacial score (nSPS) is 20.6. The van der Waals surface area contributed by atoms with Crippen LogP contribution in [0.5, 0.6) is 0 Å². The van der Waals surface area contributed by atoms with Gasteiger partial charge >= 0.3 is 0 Å². The van der Waals surface area contributed by atoms with Crippen molar-refractivity contribution in [1.82, 2.24) is 30.5 Å². The third kappa shape index (κ3) is 3.76. The number of aryl methyl sites for hydroxylation is 1. The van der Waals surface area contributed by atoms with Crippen LogP contribution in [0.4, 0.5) is 0 Å². The highest BCUT2D eigenvalue weighted by molar-refractivity contribution is 5.94. The molecule has 4 heterocycles. The van der Waals surface area contributed by atoms with Crippen molar-refractivity contribution in [3.8, 4) is 0 Å². The molecule has 8 nitrogen and oxygen atoms in total. The number of pyridine rings is 1. The van der Waals surface area contributed by atoms with E-state index < -0.39 is 5.54 Å². The molecule has 2 aliphatic heterocycles. The zero-order valence-electron chi connectivity index (χ0n) is 17.2. The smallest absolute Gasteiger partial charge is 0.253 e. The fraction of sp³-hybridized carbons (Fsp3) is 0.524. The molecule has 29 heavy (non-hydrogen) atoms. The molecule has 2 aliphatic rings. The number of likely N-dealkylation sites (tertiary alicyclic amines) is 1. The molecular formula is C21H28N6O2. The first-order valence-electron chi connectivity index (χ1n) is 10.2. The minimum Gasteiger partial charge on any atom is -0.353 e. The maximum Gasteiger partial charge on any atom is 0.253 e. The summed E-state index contributed by atoms with van der Waals surface area (Å²) in [6.07, 6.45) is 5.39. The lowest BCUT2D eigenvalue weighted by molar-refractivity contribution is -0.124. The van der Waals surface area contributed by atoms with Crippen LogP contribution in [0, 0.1) is 6.92 Å². The summed E-state index contributed by atoms with van der Waals surface area (Å²) in [5.74, 6) is 0.0305. The predicted molar refractivity (Wildman–Crippen MR) is 108 cm³/mol. The number of carbonyl (C=O) groups is 2. The lowest BCUT2D eigenvalue weighted by atomic mass is 9.78. The van der Waals surface area contributed by atoms with Gasteiger partial charge in [-0.1, -0.05) is 0 Å². The van der Waals surface area contributed by atoms with E-state index >= 15 is 0 Å². The monoisotopic (exact) mass is 396 g/mol. The minimum absolute atomic E-state index is 0.00499. The van der Waals surface area contributed by atoms with Gasteiger partial charge in [-0.25, -0.2) is 4.98 Å². The lowest BCUT2D eigenvalue weighted by Crippen LogP contribution is -2.62. The Hall–Kier alpha value is -2.74. The molecule has 2 aromatic heterocycles. The number of aromatic nitrogens is 3. The van der Waals surface area contributed by atoms with Crippen LogP contribution in [0.25, 0.3) is 0 Å². The van der Waals surface area contributed by atoms with E-state index in [9.17, 15) is 9.59 Å². The predicted octanol–water partition coefficient (Wildman–Crippen LogP) is 1.28. The van der Waals surface area contributed by atoms with Crippen LogP contribution in [-0.4, -0.2) is 56.8 Å². The van der Waals surface area contributed by atoms with Gasteiger partial charge in [0.15, 0.2) is 0 Å². The number of nitrogens with one attached hydrogen (secondary N) is 3. The van der Waals surface area contributed by atoms with Crippen LogP contribution in [0.3, 0.4) is 0 Å². The van der Waals surface area contributed by atoms with E-state index in [4.69, 9.17) is 0 Å². The zero-order valence-corrected chi connectivity index (χ0v) is 17.2. The maximum atomic E-state index is 12.9. The number of amides is 2. The topological polar surface area (TPSA) is 103 Å². The van der Waals surface area contributed by atoms with Gasteiger partial charge in [-0.05, 0) is 45.7 Å². The van der Waals surface area contributed by atoms with E-state index in [-0.39, 0.29) is 23.9 Å². The van der Waals surface area contributed by atoms with Gasteiger partial charge in [-0.3, -0.25) is 19.9 Å². The number of carbonyl (C=O) groups excluding carboxylic acids is 2. The summed E-state index contributed by atoms with van der Waals surface area (Å²) >= 11 is 0. The Kier molecular flexibility index (Phi) is 5.12. The van der Waals surface area contributed by atoms with Crippen molar-refractivity contribution in [3.05, 3.63) is 47.3 Å². The van der Waals surface area contributed by atoms with Crippen molar-refractivity contribution in [2.75, 3.05) is 13.1 Å². The molecule has 1 fully saturated rings. The Labute approximate surface area is 170 Å². The van der Waals surface area contributed by atoms with Crippen molar-refractivity contribution in [2.45, 2.75) is 57.7 Å². The number of fused-ring (bicyclic) bond motifs is 2. The number of imidazole rings is 1. The van der Waals surface area contributed by atoms with Gasteiger partial charge in [0.2, 0.25) is 5.91 Å². The molecule has 8 heteroatoms. The molecular weight excluding hydrogens is 368 g/mol. The van der Waals surface area contributed by atoms with E-state index in [1.807, 2.05) is 31.7 Å². The van der Waals surface area contributed by atoms with Crippen molar-refractivity contribution in [3.63, 3.8) is 0 Å². The highest BCUT2D eigenvalue weighted by Gasteiger charge is 2.46. The van der Waals surface area contributed by atoms with E-state index in [1.54, 1.807) is 18.6 Å². The van der Waals surface area contributed by atoms with Crippen LogP contribution in [0.2, 0.25) is 0 Å². The number of aromatic amines is 1. The SMILES string of the molecule is Cc1cc(C(=O)N2CCC3(CC2)N[C@H](C(=O)NC(C)C)Cc2[nH]cnc23)ccn1. The molecule has 0 saturated carbocycles. The van der Waals surface area contributed by atoms with Crippen LogP contribution in [0.15, 0.2) is 24.7 Å². The van der Waals surface area contributed by atoms with Gasteiger partial charge in [0.1, 0.15) is 0 Å². The first-order chi connectivity index (χ1) is 13.9. The number of rotatable bonds is 3. The molecule has 154 valence electrons. The van der Waals surface area contributed by atoms with Crippen LogP contribution < -0.4 is 10.6 Å². The molecule has 0 bridgehead atoms. The Morgan fingerprint density at radius 3 is 2.72 bits per heavy atom. The molecule has 1 spiro atoms. The van der Waals surface area contributed by atoms with Crippen LogP contribution in [0.1, 0.15) is 54.1 Å². The fourth-order valence-electron chi connectivity index (χ4n) is 4.42. The zero-order chi connectivity index (χ0) is 20.6. The second kappa shape index (κ2) is 7.59. The van der Waals surface area contributed by atoms with Gasteiger partial charge in [-0.15, -0.1) is 0 Å². The third-order valence-electron chi connectivity index (χ3n) is 5.83. The lowest BCUT2D eigenvalue weighted by Gasteiger charge is -2.46. The second-order valence-corrected chi connectivity index (χ2v) is 8.35. The van der Waals surface area contributed by atoms with Gasteiger partial charge in [0.25, 0.3) is 5.91 Å². The summed E-state index contributed by atoms with van der Waals surface area (Å²) in [6.45, 7) is 7.03. The van der Waals surface area contributed by atoms with E-state index in [2.05, 4.69) is 25.6 Å². The molecule has 0 aromatic carbocycles. The average molecular weight is 396 g/mol. The summed E-state index contributed by atoms with van der Waals surface area (Å²) in [6, 6.07) is 3.36. The Balaban J connectivity index is 1.52. The molecule has 4 rings (SSSR count).